The van der Waals surface area contributed by atoms with E-state index in [2.05, 4.69) is 9.47 Å². The Morgan fingerprint density at radius 3 is 1.50 bits per heavy atom. The van der Waals surface area contributed by atoms with Crippen LogP contribution in [0.5, 0.6) is 0 Å². The summed E-state index contributed by atoms with van der Waals surface area (Å²) in [6, 6.07) is -0.313. The van der Waals surface area contributed by atoms with E-state index in [-0.39, 0.29) is 17.9 Å². The minimum Gasteiger partial charge on any atom is -0.473 e. The van der Waals surface area contributed by atoms with Crippen LogP contribution in [0.1, 0.15) is 12.8 Å². The first-order valence-corrected chi connectivity index (χ1v) is 7.04. The predicted molar refractivity (Wildman–Crippen MR) is 75.9 cm³/mol. The van der Waals surface area contributed by atoms with E-state index < -0.39 is 35.7 Å². The molecular weight excluding hydrogens is 326 g/mol. The fourth-order valence-corrected chi connectivity index (χ4v) is 3.17. The maximum Gasteiger partial charge on any atom is 0.414 e. The third-order valence-corrected chi connectivity index (χ3v) is 4.28. The molecule has 2 fully saturated rings. The van der Waals surface area contributed by atoms with Gasteiger partial charge in [-0.1, -0.05) is 0 Å². The van der Waals surface area contributed by atoms with Gasteiger partial charge in [0.2, 0.25) is 0 Å². The monoisotopic (exact) mass is 345 g/mol. The number of rotatable bonds is 2. The topological polar surface area (TPSA) is 148 Å². The predicted octanol–water partition coefficient (Wildman–Crippen LogP) is -1.23. The van der Waals surface area contributed by atoms with Crippen LogP contribution in [0.15, 0.2) is 0 Å². The molecule has 0 aromatic rings. The number of piperidine rings is 1. The minimum atomic E-state index is -1.82. The van der Waals surface area contributed by atoms with Gasteiger partial charge in [0.05, 0.1) is 14.2 Å². The molecule has 10 heteroatoms. The summed E-state index contributed by atoms with van der Waals surface area (Å²) in [5, 5.41) is 14.8. The van der Waals surface area contributed by atoms with Crippen LogP contribution in [0.25, 0.3) is 0 Å². The van der Waals surface area contributed by atoms with Crippen molar-refractivity contribution in [3.8, 4) is 0 Å². The summed E-state index contributed by atoms with van der Waals surface area (Å²) in [7, 11) is 4.34. The zero-order valence-corrected chi connectivity index (χ0v) is 13.4. The van der Waals surface area contributed by atoms with Crippen molar-refractivity contribution < 1.29 is 43.7 Å². The standard InChI is InChI=1S/C12H17NO5.C2H2O4/c1-13-6-4-5-7(13)9(12(16)18-3)10(14)8(6)11(15)17-2;3-1(4)2(5)6/h6-9H,4-5H2,1-3H3;(H,3,4)(H,5,6). The van der Waals surface area contributed by atoms with Gasteiger partial charge in [0, 0.05) is 12.1 Å². The number of carboxylic acids is 2. The minimum absolute atomic E-state index is 0.157. The van der Waals surface area contributed by atoms with Crippen molar-refractivity contribution in [2.45, 2.75) is 24.9 Å². The second-order valence-electron chi connectivity index (χ2n) is 5.39. The number of fused-ring (bicyclic) bond motifs is 2. The molecule has 0 aliphatic carbocycles. The summed E-state index contributed by atoms with van der Waals surface area (Å²) in [4.78, 5) is 55.9. The van der Waals surface area contributed by atoms with Gasteiger partial charge in [0.1, 0.15) is 11.8 Å². The van der Waals surface area contributed by atoms with Crippen molar-refractivity contribution in [2.24, 2.45) is 11.8 Å². The van der Waals surface area contributed by atoms with Crippen molar-refractivity contribution in [1.82, 2.24) is 4.90 Å². The van der Waals surface area contributed by atoms with Gasteiger partial charge in [0.25, 0.3) is 0 Å². The number of carbonyl (C=O) groups is 5. The average molecular weight is 345 g/mol. The lowest BCUT2D eigenvalue weighted by atomic mass is 9.81. The normalized spacial score (nSPS) is 28.4. The summed E-state index contributed by atoms with van der Waals surface area (Å²) in [6.07, 6.45) is 1.44. The quantitative estimate of drug-likeness (QED) is 0.354. The number of Topliss-reactive ketones (excluding diaryl/α,β-unsaturated/α-hetero) is 1. The van der Waals surface area contributed by atoms with E-state index in [1.807, 2.05) is 11.9 Å². The number of hydrogen-bond acceptors (Lipinski definition) is 8. The molecule has 2 saturated heterocycles. The van der Waals surface area contributed by atoms with Crippen LogP contribution in [-0.2, 0) is 33.4 Å². The summed E-state index contributed by atoms with van der Waals surface area (Å²) in [6.45, 7) is 0. The lowest BCUT2D eigenvalue weighted by molar-refractivity contribution is -0.163. The zero-order chi connectivity index (χ0) is 18.6. The molecule has 0 spiro atoms. The van der Waals surface area contributed by atoms with Gasteiger partial charge in [-0.15, -0.1) is 0 Å². The molecule has 4 atom stereocenters. The summed E-state index contributed by atoms with van der Waals surface area (Å²) < 4.78 is 9.36. The number of ketones is 1. The third-order valence-electron chi connectivity index (χ3n) is 4.28. The summed E-state index contributed by atoms with van der Waals surface area (Å²) in [5.74, 6) is -6.88. The van der Waals surface area contributed by atoms with E-state index >= 15 is 0 Å². The van der Waals surface area contributed by atoms with Gasteiger partial charge >= 0.3 is 23.9 Å². The summed E-state index contributed by atoms with van der Waals surface area (Å²) >= 11 is 0. The SMILES string of the molecule is COC(=O)C1C(=O)C(C(=O)OC)C2CCC1N2C.O=C(O)C(=O)O. The maximum atomic E-state index is 12.3. The Balaban J connectivity index is 0.000000413. The van der Waals surface area contributed by atoms with Gasteiger partial charge in [-0.05, 0) is 19.9 Å². The van der Waals surface area contributed by atoms with Crippen LogP contribution in [0.3, 0.4) is 0 Å². The first-order chi connectivity index (χ1) is 11.2. The van der Waals surface area contributed by atoms with Crippen molar-refractivity contribution in [3.05, 3.63) is 0 Å². The first-order valence-electron chi connectivity index (χ1n) is 7.04. The smallest absolute Gasteiger partial charge is 0.414 e. The highest BCUT2D eigenvalue weighted by Crippen LogP contribution is 2.40. The van der Waals surface area contributed by atoms with E-state index in [0.29, 0.717) is 0 Å². The molecule has 2 rings (SSSR count). The molecule has 2 aliphatic heterocycles. The number of hydrogen-bond donors (Lipinski definition) is 2. The van der Waals surface area contributed by atoms with E-state index in [1.54, 1.807) is 0 Å². The number of ether oxygens (including phenoxy) is 2. The molecule has 0 saturated carbocycles. The van der Waals surface area contributed by atoms with Gasteiger partial charge in [-0.3, -0.25) is 19.3 Å². The Hall–Kier alpha value is -2.49. The number of methoxy groups -OCH3 is 2. The fraction of sp³-hybridized carbons (Fsp3) is 0.643. The lowest BCUT2D eigenvalue weighted by Crippen LogP contribution is -2.57. The Bertz CT molecular complexity index is 512. The molecule has 0 aromatic heterocycles. The molecule has 4 unspecified atom stereocenters. The zero-order valence-electron chi connectivity index (χ0n) is 13.4. The fourth-order valence-electron chi connectivity index (χ4n) is 3.17. The van der Waals surface area contributed by atoms with Crippen molar-refractivity contribution in [1.29, 1.82) is 0 Å². The maximum absolute atomic E-state index is 12.3. The van der Waals surface area contributed by atoms with E-state index in [1.165, 1.54) is 14.2 Å². The van der Waals surface area contributed by atoms with Crippen LogP contribution in [-0.4, -0.2) is 78.1 Å². The van der Waals surface area contributed by atoms with Crippen LogP contribution >= 0.6 is 0 Å². The Morgan fingerprint density at radius 1 is 0.917 bits per heavy atom. The Morgan fingerprint density at radius 2 is 1.25 bits per heavy atom. The van der Waals surface area contributed by atoms with Crippen LogP contribution in [0.2, 0.25) is 0 Å². The molecular formula is C14H19NO9. The van der Waals surface area contributed by atoms with Crippen LogP contribution in [0, 0.1) is 11.8 Å². The number of carboxylic acid groups (broad SMARTS) is 2. The lowest BCUT2D eigenvalue weighted by Gasteiger charge is -2.38. The first kappa shape index (κ1) is 19.6. The molecule has 24 heavy (non-hydrogen) atoms. The molecule has 2 aliphatic rings. The molecule has 134 valence electrons. The van der Waals surface area contributed by atoms with E-state index in [4.69, 9.17) is 19.8 Å². The number of esters is 2. The molecule has 0 radical (unpaired) electrons. The molecule has 0 amide bonds. The average Bonchev–Trinajstić information content (AvgIpc) is 2.81. The highest BCUT2D eigenvalue weighted by molar-refractivity contribution is 6.27. The van der Waals surface area contributed by atoms with Crippen molar-refractivity contribution in [2.75, 3.05) is 21.3 Å². The second-order valence-corrected chi connectivity index (χ2v) is 5.39. The van der Waals surface area contributed by atoms with Gasteiger partial charge in [0.15, 0.2) is 5.78 Å². The van der Waals surface area contributed by atoms with E-state index in [9.17, 15) is 14.4 Å². The molecule has 2 bridgehead atoms. The third kappa shape index (κ3) is 3.70. The highest BCUT2D eigenvalue weighted by atomic mass is 16.5. The van der Waals surface area contributed by atoms with Gasteiger partial charge in [-0.2, -0.15) is 0 Å². The number of nitrogens with zero attached hydrogens (tertiary/aromatic N) is 1. The molecule has 0 aromatic carbocycles. The summed E-state index contributed by atoms with van der Waals surface area (Å²) in [5.41, 5.74) is 0. The van der Waals surface area contributed by atoms with Gasteiger partial charge < -0.3 is 19.7 Å². The molecule has 2 N–H and O–H groups in total. The number of carbonyl (C=O) groups excluding carboxylic acids is 3. The number of aliphatic carboxylic acids is 2. The van der Waals surface area contributed by atoms with Gasteiger partial charge in [-0.25, -0.2) is 9.59 Å². The Labute approximate surface area is 137 Å². The molecule has 2 heterocycles. The van der Waals surface area contributed by atoms with E-state index in [0.717, 1.165) is 12.8 Å². The second kappa shape index (κ2) is 7.86. The highest BCUT2D eigenvalue weighted by Gasteiger charge is 2.56. The van der Waals surface area contributed by atoms with Crippen molar-refractivity contribution in [3.63, 3.8) is 0 Å². The van der Waals surface area contributed by atoms with Crippen molar-refractivity contribution >= 4 is 29.7 Å². The van der Waals surface area contributed by atoms with Crippen LogP contribution < -0.4 is 0 Å². The largest absolute Gasteiger partial charge is 0.473 e. The Kier molecular flexibility index (Phi) is 6.41. The van der Waals surface area contributed by atoms with Crippen LogP contribution in [0.4, 0.5) is 0 Å². The molecule has 10 nitrogen and oxygen atoms in total.